The molecule has 1 aliphatic heterocycles. The van der Waals surface area contributed by atoms with Gasteiger partial charge in [0.1, 0.15) is 5.75 Å². The molecule has 1 amide bonds. The molecule has 0 bridgehead atoms. The van der Waals surface area contributed by atoms with Crippen LogP contribution in [0.2, 0.25) is 5.02 Å². The van der Waals surface area contributed by atoms with Gasteiger partial charge in [0.2, 0.25) is 0 Å². The van der Waals surface area contributed by atoms with Crippen molar-refractivity contribution in [3.05, 3.63) is 47.5 Å². The van der Waals surface area contributed by atoms with Crippen LogP contribution in [-0.2, 0) is 4.79 Å². The van der Waals surface area contributed by atoms with Crippen LogP contribution >= 0.6 is 34.7 Å². The zero-order valence-corrected chi connectivity index (χ0v) is 17.8. The summed E-state index contributed by atoms with van der Waals surface area (Å²) >= 11 is 9.31. The van der Waals surface area contributed by atoms with Gasteiger partial charge >= 0.3 is 0 Å². The number of hydrogen-bond donors (Lipinski definition) is 0. The first-order valence-electron chi connectivity index (χ1n) is 8.98. The van der Waals surface area contributed by atoms with Crippen LogP contribution in [0, 0.1) is 0 Å². The van der Waals surface area contributed by atoms with Gasteiger partial charge in [-0.05, 0) is 48.7 Å². The van der Waals surface area contributed by atoms with Crippen molar-refractivity contribution in [3.8, 4) is 5.75 Å². The van der Waals surface area contributed by atoms with E-state index in [0.29, 0.717) is 23.9 Å². The Bertz CT molecular complexity index is 969. The molecule has 146 valence electrons. The lowest BCUT2D eigenvalue weighted by Crippen LogP contribution is -2.50. The minimum absolute atomic E-state index is 0.00325. The first kappa shape index (κ1) is 19.4. The lowest BCUT2D eigenvalue weighted by Gasteiger charge is -2.34. The number of ether oxygens (including phenoxy) is 1. The summed E-state index contributed by atoms with van der Waals surface area (Å²) in [4.78, 5) is 22.6. The van der Waals surface area contributed by atoms with Gasteiger partial charge in [0.05, 0.1) is 10.2 Å². The summed E-state index contributed by atoms with van der Waals surface area (Å²) in [7, 11) is 0. The van der Waals surface area contributed by atoms with Crippen molar-refractivity contribution in [1.29, 1.82) is 0 Å². The second-order valence-corrected chi connectivity index (χ2v) is 8.77. The van der Waals surface area contributed by atoms with Gasteiger partial charge in [0, 0.05) is 36.1 Å². The van der Waals surface area contributed by atoms with Crippen molar-refractivity contribution in [2.45, 2.75) is 4.90 Å². The van der Waals surface area contributed by atoms with Crippen molar-refractivity contribution in [2.75, 3.05) is 43.9 Å². The first-order chi connectivity index (χ1) is 13.6. The summed E-state index contributed by atoms with van der Waals surface area (Å²) in [6.07, 6.45) is 2.08. The number of piperazine rings is 1. The Balaban J connectivity index is 1.32. The Morgan fingerprint density at radius 1 is 1.18 bits per heavy atom. The number of carbonyl (C=O) groups excluding carboxylic acids is 1. The molecule has 4 rings (SSSR count). The van der Waals surface area contributed by atoms with Gasteiger partial charge in [-0.1, -0.05) is 22.9 Å². The average molecular weight is 434 g/mol. The zero-order chi connectivity index (χ0) is 19.5. The van der Waals surface area contributed by atoms with E-state index in [9.17, 15) is 4.79 Å². The third-order valence-corrected chi connectivity index (χ3v) is 6.72. The lowest BCUT2D eigenvalue weighted by atomic mass is 10.3. The van der Waals surface area contributed by atoms with Crippen LogP contribution in [-0.4, -0.2) is 54.8 Å². The number of carbonyl (C=O) groups is 1. The minimum Gasteiger partial charge on any atom is -0.484 e. The Kier molecular flexibility index (Phi) is 5.94. The number of amides is 1. The molecule has 0 saturated carbocycles. The summed E-state index contributed by atoms with van der Waals surface area (Å²) in [6.45, 7) is 2.95. The highest BCUT2D eigenvalue weighted by molar-refractivity contribution is 7.98. The van der Waals surface area contributed by atoms with E-state index in [1.807, 2.05) is 4.90 Å². The van der Waals surface area contributed by atoms with Crippen LogP contribution in [0.3, 0.4) is 0 Å². The predicted octanol–water partition coefficient (Wildman–Crippen LogP) is 4.40. The van der Waals surface area contributed by atoms with Crippen LogP contribution in [0.4, 0.5) is 5.13 Å². The molecule has 5 nitrogen and oxygen atoms in total. The summed E-state index contributed by atoms with van der Waals surface area (Å²) < 4.78 is 6.78. The number of hydrogen-bond acceptors (Lipinski definition) is 6. The van der Waals surface area contributed by atoms with E-state index < -0.39 is 0 Å². The maximum absolute atomic E-state index is 12.4. The largest absolute Gasteiger partial charge is 0.484 e. The van der Waals surface area contributed by atoms with Crippen molar-refractivity contribution >= 4 is 56.0 Å². The van der Waals surface area contributed by atoms with Gasteiger partial charge in [-0.15, -0.1) is 11.8 Å². The van der Waals surface area contributed by atoms with Crippen molar-refractivity contribution < 1.29 is 9.53 Å². The van der Waals surface area contributed by atoms with Gasteiger partial charge < -0.3 is 14.5 Å². The minimum atomic E-state index is 0.00325. The van der Waals surface area contributed by atoms with Crippen LogP contribution < -0.4 is 9.64 Å². The topological polar surface area (TPSA) is 45.7 Å². The van der Waals surface area contributed by atoms with E-state index in [2.05, 4.69) is 29.4 Å². The highest BCUT2D eigenvalue weighted by Crippen LogP contribution is 2.32. The molecule has 1 aliphatic rings. The number of benzene rings is 2. The number of anilines is 1. The maximum Gasteiger partial charge on any atom is 0.260 e. The Morgan fingerprint density at radius 3 is 2.64 bits per heavy atom. The van der Waals surface area contributed by atoms with E-state index in [1.165, 1.54) is 9.60 Å². The number of thiazole rings is 1. The van der Waals surface area contributed by atoms with Gasteiger partial charge in [0.15, 0.2) is 11.7 Å². The zero-order valence-electron chi connectivity index (χ0n) is 15.4. The quantitative estimate of drug-likeness (QED) is 0.558. The fourth-order valence-corrected chi connectivity index (χ4v) is 4.77. The second-order valence-electron chi connectivity index (χ2n) is 6.44. The molecule has 1 fully saturated rings. The van der Waals surface area contributed by atoms with E-state index in [-0.39, 0.29) is 12.5 Å². The maximum atomic E-state index is 12.4. The predicted molar refractivity (Wildman–Crippen MR) is 117 cm³/mol. The second kappa shape index (κ2) is 8.59. The van der Waals surface area contributed by atoms with E-state index in [0.717, 1.165) is 23.7 Å². The Morgan fingerprint density at radius 2 is 1.93 bits per heavy atom. The van der Waals surface area contributed by atoms with Crippen molar-refractivity contribution in [1.82, 2.24) is 9.88 Å². The van der Waals surface area contributed by atoms with Crippen LogP contribution in [0.1, 0.15) is 0 Å². The standard InChI is InChI=1S/C20H20ClN3O2S2/c1-27-16-6-7-17-18(12-16)28-20(22-17)24-10-8-23(9-11-24)19(25)13-26-15-4-2-14(21)3-5-15/h2-7,12H,8-11,13H2,1H3. The first-order valence-corrected chi connectivity index (χ1v) is 11.4. The molecule has 0 radical (unpaired) electrons. The van der Waals surface area contributed by atoms with Crippen LogP contribution in [0.15, 0.2) is 47.4 Å². The van der Waals surface area contributed by atoms with Crippen molar-refractivity contribution in [2.24, 2.45) is 0 Å². The molecule has 0 N–H and O–H groups in total. The molecular formula is C20H20ClN3O2S2. The SMILES string of the molecule is CSc1ccc2nc(N3CCN(C(=O)COc4ccc(Cl)cc4)CC3)sc2c1. The molecule has 0 atom stereocenters. The van der Waals surface area contributed by atoms with Gasteiger partial charge in [0.25, 0.3) is 5.91 Å². The van der Waals surface area contributed by atoms with E-state index in [4.69, 9.17) is 21.3 Å². The van der Waals surface area contributed by atoms with Crippen molar-refractivity contribution in [3.63, 3.8) is 0 Å². The summed E-state index contributed by atoms with van der Waals surface area (Å²) in [5.41, 5.74) is 1.03. The molecule has 3 aromatic rings. The van der Waals surface area contributed by atoms with Crippen LogP contribution in [0.25, 0.3) is 10.2 Å². The van der Waals surface area contributed by atoms with E-state index in [1.54, 1.807) is 47.4 Å². The number of thioether (sulfide) groups is 1. The number of fused-ring (bicyclic) bond motifs is 1. The van der Waals surface area contributed by atoms with Gasteiger partial charge in [-0.25, -0.2) is 4.98 Å². The fourth-order valence-electron chi connectivity index (χ4n) is 3.07. The normalized spacial score (nSPS) is 14.5. The molecule has 2 heterocycles. The lowest BCUT2D eigenvalue weighted by molar-refractivity contribution is -0.133. The molecule has 28 heavy (non-hydrogen) atoms. The molecule has 2 aromatic carbocycles. The average Bonchev–Trinajstić information content (AvgIpc) is 3.16. The summed E-state index contributed by atoms with van der Waals surface area (Å²) in [6, 6.07) is 13.4. The molecule has 1 aromatic heterocycles. The molecule has 0 aliphatic carbocycles. The molecule has 0 spiro atoms. The molecule has 1 saturated heterocycles. The summed E-state index contributed by atoms with van der Waals surface area (Å²) in [5.74, 6) is 0.652. The smallest absolute Gasteiger partial charge is 0.260 e. The highest BCUT2D eigenvalue weighted by atomic mass is 35.5. The fraction of sp³-hybridized carbons (Fsp3) is 0.300. The summed E-state index contributed by atoms with van der Waals surface area (Å²) in [5, 5.41) is 1.67. The number of aromatic nitrogens is 1. The molecular weight excluding hydrogens is 414 g/mol. The Labute approximate surface area is 177 Å². The van der Waals surface area contributed by atoms with E-state index >= 15 is 0 Å². The van der Waals surface area contributed by atoms with Gasteiger partial charge in [-0.3, -0.25) is 4.79 Å². The third-order valence-electron chi connectivity index (χ3n) is 4.66. The molecule has 8 heteroatoms. The highest BCUT2D eigenvalue weighted by Gasteiger charge is 2.23. The number of halogens is 1. The molecule has 0 unspecified atom stereocenters. The van der Waals surface area contributed by atoms with Gasteiger partial charge in [-0.2, -0.15) is 0 Å². The third kappa shape index (κ3) is 4.37. The number of rotatable bonds is 5. The Hall–Kier alpha value is -1.96. The monoisotopic (exact) mass is 433 g/mol. The van der Waals surface area contributed by atoms with Crippen LogP contribution in [0.5, 0.6) is 5.75 Å². The number of nitrogens with zero attached hydrogens (tertiary/aromatic N) is 3.